The van der Waals surface area contributed by atoms with Crippen LogP contribution in [0.15, 0.2) is 77.5 Å². The Bertz CT molecular complexity index is 2550. The van der Waals surface area contributed by atoms with Gasteiger partial charge in [-0.3, -0.25) is 24.1 Å². The molecule has 6 rings (SSSR count). The van der Waals surface area contributed by atoms with Crippen LogP contribution in [0.1, 0.15) is 96.0 Å². The third-order valence-corrected chi connectivity index (χ3v) is 13.0. The molecule has 0 radical (unpaired) electrons. The Labute approximate surface area is 412 Å². The number of hydrogen-bond acceptors (Lipinski definition) is 11. The Balaban J connectivity index is 0.867. The highest BCUT2D eigenvalue weighted by molar-refractivity contribution is 7.81. The number of halogens is 3. The molecule has 1 aliphatic carbocycles. The number of Topliss-reactive ketones (excluding diaryl/α,β-unsaturated/α-hetero) is 1. The number of ether oxygens (including phenoxy) is 3. The minimum atomic E-state index is -4.80. The Morgan fingerprint density at radius 3 is 2.21 bits per heavy atom. The standard InChI is InChI=1S/C52H61F3N6O8S/c1-32-25-40(41(26-32)47(64)57-29-34-11-13-35(14-12-34)45-33(2)58-31-69-45)44(63)46(50(3,4)5)59-43(62)30-67-23-10-22-66-21-8-9-24-68-39-19-17-37(18-20-39)61-49(70)60(48(65)51(61,6)7)38-16-15-36(28-56)42(27-38)52(53,54)55/h11-20,27,31-32,40-41,46H,8-10,21-26,29-30H2,1-7H3,(H,57,64)(H,59,62)/t32-,40?,41+,46+/m0/s1. The van der Waals surface area contributed by atoms with Gasteiger partial charge in [-0.1, -0.05) is 52.0 Å². The summed E-state index contributed by atoms with van der Waals surface area (Å²) in [5.74, 6) is -0.834. The van der Waals surface area contributed by atoms with Crippen molar-refractivity contribution in [2.24, 2.45) is 23.2 Å². The van der Waals surface area contributed by atoms with E-state index in [1.54, 1.807) is 49.1 Å². The highest BCUT2D eigenvalue weighted by Crippen LogP contribution is 2.41. The quantitative estimate of drug-likeness (QED) is 0.0599. The first-order chi connectivity index (χ1) is 33.1. The number of aromatic nitrogens is 1. The van der Waals surface area contributed by atoms with Crippen molar-refractivity contribution in [3.05, 3.63) is 95.5 Å². The zero-order valence-corrected chi connectivity index (χ0v) is 41.4. The molecule has 0 bridgehead atoms. The third-order valence-electron chi connectivity index (χ3n) is 12.6. The fourth-order valence-electron chi connectivity index (χ4n) is 8.88. The van der Waals surface area contributed by atoms with E-state index in [1.165, 1.54) is 12.5 Å². The first-order valence-corrected chi connectivity index (χ1v) is 23.8. The molecule has 2 aliphatic rings. The number of aryl methyl sites for hydroxylation is 1. The summed E-state index contributed by atoms with van der Waals surface area (Å²) in [6.45, 7) is 14.6. The Hall–Kier alpha value is -6.16. The van der Waals surface area contributed by atoms with Crippen molar-refractivity contribution in [2.45, 2.75) is 105 Å². The van der Waals surface area contributed by atoms with Crippen LogP contribution in [-0.2, 0) is 41.4 Å². The van der Waals surface area contributed by atoms with Crippen molar-refractivity contribution in [3.63, 3.8) is 0 Å². The van der Waals surface area contributed by atoms with Gasteiger partial charge in [0.05, 0.1) is 41.2 Å². The summed E-state index contributed by atoms with van der Waals surface area (Å²) < 4.78 is 63.9. The lowest BCUT2D eigenvalue weighted by molar-refractivity contribution is -0.138. The van der Waals surface area contributed by atoms with Crippen LogP contribution in [0.3, 0.4) is 0 Å². The number of alkyl halides is 3. The van der Waals surface area contributed by atoms with E-state index in [1.807, 2.05) is 58.9 Å². The van der Waals surface area contributed by atoms with Gasteiger partial charge in [0.1, 0.15) is 17.9 Å². The summed E-state index contributed by atoms with van der Waals surface area (Å²) >= 11 is 5.63. The first-order valence-electron chi connectivity index (χ1n) is 23.4. The topological polar surface area (TPSA) is 176 Å². The van der Waals surface area contributed by atoms with Crippen molar-refractivity contribution >= 4 is 52.2 Å². The maximum atomic E-state index is 14.1. The van der Waals surface area contributed by atoms with Crippen LogP contribution < -0.4 is 25.2 Å². The fourth-order valence-corrected chi connectivity index (χ4v) is 9.40. The lowest BCUT2D eigenvalue weighted by atomic mass is 9.77. The van der Waals surface area contributed by atoms with Crippen molar-refractivity contribution in [1.29, 1.82) is 5.26 Å². The Morgan fingerprint density at radius 2 is 1.57 bits per heavy atom. The largest absolute Gasteiger partial charge is 0.494 e. The van der Waals surface area contributed by atoms with Crippen LogP contribution in [0.4, 0.5) is 24.5 Å². The van der Waals surface area contributed by atoms with Crippen LogP contribution in [0.5, 0.6) is 5.75 Å². The molecule has 1 saturated heterocycles. The van der Waals surface area contributed by atoms with Crippen molar-refractivity contribution < 1.29 is 51.0 Å². The average Bonchev–Trinajstić information content (AvgIpc) is 3.98. The molecular formula is C52H61F3N6O8S. The predicted octanol–water partition coefficient (Wildman–Crippen LogP) is 9.12. The average molecular weight is 987 g/mol. The number of nitrogens with zero attached hydrogens (tertiary/aromatic N) is 4. The normalized spacial score (nSPS) is 18.4. The van der Waals surface area contributed by atoms with Gasteiger partial charge in [0.25, 0.3) is 5.91 Å². The van der Waals surface area contributed by atoms with Gasteiger partial charge in [0, 0.05) is 49.5 Å². The van der Waals surface area contributed by atoms with E-state index in [2.05, 4.69) is 15.6 Å². The molecule has 4 atom stereocenters. The minimum Gasteiger partial charge on any atom is -0.494 e. The number of unbranched alkanes of at least 4 members (excludes halogenated alkanes) is 1. The van der Waals surface area contributed by atoms with E-state index in [4.69, 9.17) is 30.8 Å². The van der Waals surface area contributed by atoms with E-state index in [-0.39, 0.29) is 41.6 Å². The molecule has 2 heterocycles. The Morgan fingerprint density at radius 1 is 0.929 bits per heavy atom. The maximum Gasteiger partial charge on any atom is 0.417 e. The summed E-state index contributed by atoms with van der Waals surface area (Å²) in [6.07, 6.45) is -0.254. The minimum absolute atomic E-state index is 0.000692. The van der Waals surface area contributed by atoms with Gasteiger partial charge >= 0.3 is 6.18 Å². The third kappa shape index (κ3) is 12.8. The van der Waals surface area contributed by atoms with Gasteiger partial charge in [-0.25, -0.2) is 4.98 Å². The molecule has 374 valence electrons. The van der Waals surface area contributed by atoms with Gasteiger partial charge in [0.2, 0.25) is 11.8 Å². The summed E-state index contributed by atoms with van der Waals surface area (Å²) in [4.78, 5) is 61.0. The number of carbonyl (C=O) groups excluding carboxylic acids is 4. The number of amides is 3. The number of thiocarbonyl (C=S) groups is 1. The smallest absolute Gasteiger partial charge is 0.417 e. The van der Waals surface area contributed by atoms with Crippen LogP contribution in [0, 0.1) is 41.4 Å². The second-order valence-corrected chi connectivity index (χ2v) is 19.8. The number of benzene rings is 3. The number of hydrogen-bond donors (Lipinski definition) is 2. The van der Waals surface area contributed by atoms with Crippen molar-refractivity contribution in [3.8, 4) is 23.1 Å². The monoisotopic (exact) mass is 986 g/mol. The Kier molecular flexibility index (Phi) is 17.3. The zero-order chi connectivity index (χ0) is 51.0. The second-order valence-electron chi connectivity index (χ2n) is 19.5. The molecule has 2 N–H and O–H groups in total. The first kappa shape index (κ1) is 53.2. The lowest BCUT2D eigenvalue weighted by Crippen LogP contribution is -2.53. The molecule has 1 unspecified atom stereocenters. The zero-order valence-electron chi connectivity index (χ0n) is 40.6. The number of carbonyl (C=O) groups is 4. The highest BCUT2D eigenvalue weighted by Gasteiger charge is 2.51. The maximum absolute atomic E-state index is 14.1. The summed E-state index contributed by atoms with van der Waals surface area (Å²) in [5.41, 5.74) is -0.468. The molecule has 3 amide bonds. The molecule has 4 aromatic rings. The molecule has 2 fully saturated rings. The van der Waals surface area contributed by atoms with Crippen molar-refractivity contribution in [1.82, 2.24) is 15.6 Å². The van der Waals surface area contributed by atoms with Crippen LogP contribution in [0.25, 0.3) is 11.3 Å². The molecule has 1 saturated carbocycles. The number of nitrogens with one attached hydrogen (secondary N) is 2. The summed E-state index contributed by atoms with van der Waals surface area (Å²) in [7, 11) is 0. The molecule has 3 aromatic carbocycles. The number of nitriles is 1. The van der Waals surface area contributed by atoms with Crippen LogP contribution >= 0.6 is 12.2 Å². The predicted molar refractivity (Wildman–Crippen MR) is 261 cm³/mol. The van der Waals surface area contributed by atoms with E-state index in [9.17, 15) is 37.6 Å². The number of ketones is 1. The lowest BCUT2D eigenvalue weighted by Gasteiger charge is -2.33. The van der Waals surface area contributed by atoms with E-state index < -0.39 is 57.9 Å². The van der Waals surface area contributed by atoms with Gasteiger partial charge in [0.15, 0.2) is 23.0 Å². The SMILES string of the molecule is Cc1ncoc1-c1ccc(CNC(=O)[C@@H]2C[C@@H](C)CC2C(=O)[C@@H](NC(=O)COCCCOCCCCOc2ccc(N3C(=S)N(c4ccc(C#N)c(C(F)(F)F)c4)C(=O)C3(C)C)cc2)C(C)(C)C)cc1. The van der Waals surface area contributed by atoms with E-state index in [0.717, 1.165) is 40.3 Å². The number of oxazole rings is 1. The van der Waals surface area contributed by atoms with Gasteiger partial charge in [-0.15, -0.1) is 0 Å². The van der Waals surface area contributed by atoms with E-state index in [0.29, 0.717) is 69.2 Å². The molecule has 14 nitrogen and oxygen atoms in total. The van der Waals surface area contributed by atoms with Crippen LogP contribution in [-0.4, -0.2) is 78.2 Å². The molecule has 0 spiro atoms. The summed E-state index contributed by atoms with van der Waals surface area (Å²) in [5, 5.41) is 15.1. The van der Waals surface area contributed by atoms with Gasteiger partial charge < -0.3 is 34.2 Å². The fraction of sp³-hybridized carbons (Fsp3) is 0.481. The van der Waals surface area contributed by atoms with Crippen LogP contribution in [0.2, 0.25) is 0 Å². The number of rotatable bonds is 21. The molecule has 1 aromatic heterocycles. The second kappa shape index (κ2) is 22.7. The van der Waals surface area contributed by atoms with Crippen molar-refractivity contribution in [2.75, 3.05) is 42.8 Å². The molecular weight excluding hydrogens is 926 g/mol. The molecule has 70 heavy (non-hydrogen) atoms. The highest BCUT2D eigenvalue weighted by atomic mass is 32.1. The molecule has 1 aliphatic heterocycles. The van der Waals surface area contributed by atoms with E-state index >= 15 is 0 Å². The summed E-state index contributed by atoms with van der Waals surface area (Å²) in [6, 6.07) is 18.4. The number of anilines is 2. The van der Waals surface area contributed by atoms with Gasteiger partial charge in [-0.05, 0) is 124 Å². The molecule has 18 heteroatoms. The van der Waals surface area contributed by atoms with Gasteiger partial charge in [-0.2, -0.15) is 18.4 Å².